The van der Waals surface area contributed by atoms with Crippen LogP contribution >= 0.6 is 0 Å². The van der Waals surface area contributed by atoms with Crippen molar-refractivity contribution in [1.82, 2.24) is 5.32 Å². The molecule has 1 fully saturated rings. The first-order valence-electron chi connectivity index (χ1n) is 7.85. The van der Waals surface area contributed by atoms with Crippen LogP contribution in [0.25, 0.3) is 0 Å². The lowest BCUT2D eigenvalue weighted by molar-refractivity contribution is -0.122. The maximum atomic E-state index is 12.1. The highest BCUT2D eigenvalue weighted by atomic mass is 16.2. The summed E-state index contributed by atoms with van der Waals surface area (Å²) in [5, 5.41) is 3.11. The molecule has 0 radical (unpaired) electrons. The highest BCUT2D eigenvalue weighted by Crippen LogP contribution is 2.47. The number of allylic oxidation sites excluding steroid dienone is 1. The first kappa shape index (κ1) is 13.4. The Bertz CT molecular complexity index is 491. The van der Waals surface area contributed by atoms with Gasteiger partial charge in [-0.15, -0.1) is 0 Å². The molecule has 1 amide bonds. The summed E-state index contributed by atoms with van der Waals surface area (Å²) in [7, 11) is 0. The fourth-order valence-corrected chi connectivity index (χ4v) is 3.16. The van der Waals surface area contributed by atoms with Crippen molar-refractivity contribution in [1.29, 1.82) is 0 Å². The van der Waals surface area contributed by atoms with Crippen molar-refractivity contribution in [3.63, 3.8) is 0 Å². The molecule has 1 aromatic carbocycles. The molecular formula is C18H23NO. The summed E-state index contributed by atoms with van der Waals surface area (Å²) in [6, 6.07) is 10.4. The number of rotatable bonds is 5. The maximum absolute atomic E-state index is 12.1. The Hall–Kier alpha value is -1.57. The summed E-state index contributed by atoms with van der Waals surface area (Å²) in [6.45, 7) is 0.808. The molecule has 2 unspecified atom stereocenters. The summed E-state index contributed by atoms with van der Waals surface area (Å²) in [5.41, 5.74) is 2.84. The van der Waals surface area contributed by atoms with Gasteiger partial charge in [-0.25, -0.2) is 0 Å². The number of hydrogen-bond donors (Lipinski definition) is 1. The molecule has 2 nitrogen and oxygen atoms in total. The van der Waals surface area contributed by atoms with Crippen LogP contribution in [-0.4, -0.2) is 12.5 Å². The van der Waals surface area contributed by atoms with Gasteiger partial charge >= 0.3 is 0 Å². The van der Waals surface area contributed by atoms with Crippen molar-refractivity contribution in [2.24, 2.45) is 5.92 Å². The molecule has 2 heteroatoms. The SMILES string of the molecule is O=C(NCCC1=CCCCC1)C1CC1c1ccccc1. The number of carbonyl (C=O) groups is 1. The van der Waals surface area contributed by atoms with Crippen LogP contribution in [0.15, 0.2) is 42.0 Å². The second kappa shape index (κ2) is 6.25. The Balaban J connectivity index is 1.41. The molecule has 0 aliphatic heterocycles. The zero-order valence-corrected chi connectivity index (χ0v) is 12.0. The van der Waals surface area contributed by atoms with Crippen LogP contribution < -0.4 is 5.32 Å². The van der Waals surface area contributed by atoms with E-state index in [4.69, 9.17) is 0 Å². The highest BCUT2D eigenvalue weighted by molar-refractivity contribution is 5.82. The van der Waals surface area contributed by atoms with Gasteiger partial charge in [0, 0.05) is 12.5 Å². The van der Waals surface area contributed by atoms with E-state index >= 15 is 0 Å². The third-order valence-electron chi connectivity index (χ3n) is 4.49. The van der Waals surface area contributed by atoms with Crippen molar-refractivity contribution in [3.8, 4) is 0 Å². The van der Waals surface area contributed by atoms with Gasteiger partial charge in [-0.2, -0.15) is 0 Å². The molecule has 0 heterocycles. The van der Waals surface area contributed by atoms with Crippen LogP contribution in [0.4, 0.5) is 0 Å². The number of benzene rings is 1. The van der Waals surface area contributed by atoms with E-state index in [2.05, 4.69) is 35.7 Å². The predicted octanol–water partition coefficient (Wildman–Crippen LogP) is 3.80. The fourth-order valence-electron chi connectivity index (χ4n) is 3.16. The lowest BCUT2D eigenvalue weighted by Crippen LogP contribution is -2.26. The van der Waals surface area contributed by atoms with E-state index in [0.717, 1.165) is 19.4 Å². The van der Waals surface area contributed by atoms with E-state index < -0.39 is 0 Å². The van der Waals surface area contributed by atoms with Crippen molar-refractivity contribution in [2.75, 3.05) is 6.54 Å². The van der Waals surface area contributed by atoms with Crippen molar-refractivity contribution < 1.29 is 4.79 Å². The first-order valence-corrected chi connectivity index (χ1v) is 7.85. The van der Waals surface area contributed by atoms with Crippen LogP contribution in [0.3, 0.4) is 0 Å². The average Bonchev–Trinajstić information content (AvgIpc) is 3.30. The summed E-state index contributed by atoms with van der Waals surface area (Å²) >= 11 is 0. The second-order valence-corrected chi connectivity index (χ2v) is 6.01. The quantitative estimate of drug-likeness (QED) is 0.809. The lowest BCUT2D eigenvalue weighted by atomic mass is 9.97. The van der Waals surface area contributed by atoms with Gasteiger partial charge in [0.15, 0.2) is 0 Å². The van der Waals surface area contributed by atoms with Gasteiger partial charge in [-0.3, -0.25) is 4.79 Å². The standard InChI is InChI=1S/C18H23NO/c20-18(19-12-11-14-7-3-1-4-8-14)17-13-16(17)15-9-5-2-6-10-15/h2,5-7,9-10,16-17H,1,3-4,8,11-13H2,(H,19,20). The molecular weight excluding hydrogens is 246 g/mol. The molecule has 0 bridgehead atoms. The van der Waals surface area contributed by atoms with E-state index in [9.17, 15) is 4.79 Å². The van der Waals surface area contributed by atoms with Gasteiger partial charge in [-0.1, -0.05) is 42.0 Å². The molecule has 2 atom stereocenters. The van der Waals surface area contributed by atoms with Crippen LogP contribution in [0.1, 0.15) is 50.0 Å². The second-order valence-electron chi connectivity index (χ2n) is 6.01. The molecule has 1 N–H and O–H groups in total. The number of amides is 1. The Labute approximate surface area is 121 Å². The third-order valence-corrected chi connectivity index (χ3v) is 4.49. The minimum absolute atomic E-state index is 0.206. The van der Waals surface area contributed by atoms with Crippen LogP contribution in [0.2, 0.25) is 0 Å². The zero-order chi connectivity index (χ0) is 13.8. The van der Waals surface area contributed by atoms with E-state index in [1.54, 1.807) is 0 Å². The summed E-state index contributed by atoms with van der Waals surface area (Å²) in [5.74, 6) is 0.901. The largest absolute Gasteiger partial charge is 0.356 e. The van der Waals surface area contributed by atoms with Crippen LogP contribution in [0, 0.1) is 5.92 Å². The minimum Gasteiger partial charge on any atom is -0.356 e. The monoisotopic (exact) mass is 269 g/mol. The minimum atomic E-state index is 0.206. The Morgan fingerprint density at radius 2 is 2.05 bits per heavy atom. The molecule has 106 valence electrons. The van der Waals surface area contributed by atoms with Gasteiger partial charge in [0.05, 0.1) is 0 Å². The zero-order valence-electron chi connectivity index (χ0n) is 12.0. The van der Waals surface area contributed by atoms with Gasteiger partial charge in [0.1, 0.15) is 0 Å². The molecule has 1 saturated carbocycles. The molecule has 2 aliphatic rings. The van der Waals surface area contributed by atoms with Gasteiger partial charge in [-0.05, 0) is 50.0 Å². The average molecular weight is 269 g/mol. The lowest BCUT2D eigenvalue weighted by Gasteiger charge is -2.12. The smallest absolute Gasteiger partial charge is 0.223 e. The van der Waals surface area contributed by atoms with E-state index in [0.29, 0.717) is 5.92 Å². The van der Waals surface area contributed by atoms with E-state index in [-0.39, 0.29) is 11.8 Å². The van der Waals surface area contributed by atoms with Crippen molar-refractivity contribution in [2.45, 2.75) is 44.4 Å². The third kappa shape index (κ3) is 3.30. The summed E-state index contributed by atoms with van der Waals surface area (Å²) in [4.78, 5) is 12.1. The highest BCUT2D eigenvalue weighted by Gasteiger charge is 2.43. The topological polar surface area (TPSA) is 29.1 Å². The Morgan fingerprint density at radius 1 is 1.20 bits per heavy atom. The van der Waals surface area contributed by atoms with Crippen LogP contribution in [-0.2, 0) is 4.79 Å². The normalized spacial score (nSPS) is 24.9. The van der Waals surface area contributed by atoms with Gasteiger partial charge in [0.2, 0.25) is 5.91 Å². The first-order chi connectivity index (χ1) is 9.84. The molecule has 0 spiro atoms. The maximum Gasteiger partial charge on any atom is 0.223 e. The number of carbonyl (C=O) groups excluding carboxylic acids is 1. The molecule has 2 aliphatic carbocycles. The molecule has 0 aromatic heterocycles. The number of nitrogens with one attached hydrogen (secondary N) is 1. The fraction of sp³-hybridized carbons (Fsp3) is 0.500. The molecule has 1 aromatic rings. The van der Waals surface area contributed by atoms with E-state index in [1.165, 1.54) is 36.8 Å². The molecule has 3 rings (SSSR count). The van der Waals surface area contributed by atoms with Crippen molar-refractivity contribution >= 4 is 5.91 Å². The summed E-state index contributed by atoms with van der Waals surface area (Å²) < 4.78 is 0. The Morgan fingerprint density at radius 3 is 2.80 bits per heavy atom. The van der Waals surface area contributed by atoms with Crippen LogP contribution in [0.5, 0.6) is 0 Å². The molecule has 0 saturated heterocycles. The van der Waals surface area contributed by atoms with E-state index in [1.807, 2.05) is 6.07 Å². The summed E-state index contributed by atoms with van der Waals surface area (Å²) in [6.07, 6.45) is 9.51. The van der Waals surface area contributed by atoms with Gasteiger partial charge in [0.25, 0.3) is 0 Å². The predicted molar refractivity (Wildman–Crippen MR) is 81.5 cm³/mol. The molecule has 20 heavy (non-hydrogen) atoms. The van der Waals surface area contributed by atoms with Gasteiger partial charge < -0.3 is 5.32 Å². The number of hydrogen-bond acceptors (Lipinski definition) is 1. The Kier molecular flexibility index (Phi) is 4.19. The van der Waals surface area contributed by atoms with Crippen molar-refractivity contribution in [3.05, 3.63) is 47.5 Å².